The number of aliphatic hydroxyl groups excluding tert-OH is 1. The van der Waals surface area contributed by atoms with Crippen LogP contribution in [-0.4, -0.2) is 11.3 Å². The Morgan fingerprint density at radius 1 is 1.25 bits per heavy atom. The first-order valence-electron chi connectivity index (χ1n) is 4.63. The summed E-state index contributed by atoms with van der Waals surface area (Å²) in [4.78, 5) is 0. The third kappa shape index (κ3) is 1.90. The number of hydrogen-bond acceptors (Lipinski definition) is 2. The van der Waals surface area contributed by atoms with Crippen molar-refractivity contribution >= 4 is 11.0 Å². The molecule has 1 unspecified atom stereocenters. The highest BCUT2D eigenvalue weighted by molar-refractivity contribution is 5.78. The highest BCUT2D eigenvalue weighted by Crippen LogP contribution is 2.35. The van der Waals surface area contributed by atoms with E-state index in [-0.39, 0.29) is 0 Å². The van der Waals surface area contributed by atoms with Crippen molar-refractivity contribution in [1.29, 1.82) is 0 Å². The fourth-order valence-corrected chi connectivity index (χ4v) is 1.48. The van der Waals surface area contributed by atoms with Gasteiger partial charge in [0.1, 0.15) is 11.3 Å². The molecule has 0 aliphatic carbocycles. The number of hydrogen-bond donors (Lipinski definition) is 1. The SMILES string of the molecule is Cc1ccc2oc(C(O)C(F)(F)F)cc2c1. The first kappa shape index (κ1) is 11.0. The summed E-state index contributed by atoms with van der Waals surface area (Å²) in [5.74, 6) is -0.479. The van der Waals surface area contributed by atoms with Gasteiger partial charge in [-0.15, -0.1) is 0 Å². The minimum absolute atomic E-state index is 0.337. The van der Waals surface area contributed by atoms with Gasteiger partial charge in [0.25, 0.3) is 0 Å². The number of furan rings is 1. The maximum absolute atomic E-state index is 12.2. The highest BCUT2D eigenvalue weighted by atomic mass is 19.4. The van der Waals surface area contributed by atoms with E-state index in [1.54, 1.807) is 18.2 Å². The zero-order valence-electron chi connectivity index (χ0n) is 8.38. The molecule has 0 saturated carbocycles. The third-order valence-electron chi connectivity index (χ3n) is 2.27. The van der Waals surface area contributed by atoms with Gasteiger partial charge in [-0.1, -0.05) is 11.6 Å². The van der Waals surface area contributed by atoms with Crippen molar-refractivity contribution in [3.8, 4) is 0 Å². The highest BCUT2D eigenvalue weighted by Gasteiger charge is 2.41. The molecule has 1 aromatic heterocycles. The summed E-state index contributed by atoms with van der Waals surface area (Å²) in [6, 6.07) is 6.22. The van der Waals surface area contributed by atoms with Crippen molar-refractivity contribution < 1.29 is 22.7 Å². The van der Waals surface area contributed by atoms with Gasteiger partial charge in [0.05, 0.1) is 0 Å². The number of alkyl halides is 3. The molecule has 16 heavy (non-hydrogen) atoms. The molecule has 0 aliphatic heterocycles. The topological polar surface area (TPSA) is 33.4 Å². The van der Waals surface area contributed by atoms with Gasteiger partial charge in [0.15, 0.2) is 0 Å². The van der Waals surface area contributed by atoms with Crippen LogP contribution in [0.1, 0.15) is 17.4 Å². The van der Waals surface area contributed by atoms with E-state index in [1.165, 1.54) is 6.07 Å². The quantitative estimate of drug-likeness (QED) is 0.815. The molecule has 0 bridgehead atoms. The van der Waals surface area contributed by atoms with E-state index < -0.39 is 18.0 Å². The summed E-state index contributed by atoms with van der Waals surface area (Å²) < 4.78 is 41.6. The van der Waals surface area contributed by atoms with Crippen LogP contribution < -0.4 is 0 Å². The van der Waals surface area contributed by atoms with E-state index in [2.05, 4.69) is 0 Å². The summed E-state index contributed by atoms with van der Waals surface area (Å²) in [7, 11) is 0. The van der Waals surface area contributed by atoms with E-state index in [0.29, 0.717) is 11.0 Å². The predicted molar refractivity (Wildman–Crippen MR) is 52.0 cm³/mol. The molecule has 2 nitrogen and oxygen atoms in total. The molecule has 0 saturated heterocycles. The zero-order chi connectivity index (χ0) is 11.9. The molecule has 0 aliphatic rings. The molecule has 1 aromatic carbocycles. The molecule has 0 spiro atoms. The van der Waals surface area contributed by atoms with E-state index in [9.17, 15) is 13.2 Å². The molecule has 0 amide bonds. The van der Waals surface area contributed by atoms with Gasteiger partial charge in [0.2, 0.25) is 6.10 Å². The first-order chi connectivity index (χ1) is 7.38. The minimum atomic E-state index is -4.71. The van der Waals surface area contributed by atoms with Crippen LogP contribution in [0.3, 0.4) is 0 Å². The lowest BCUT2D eigenvalue weighted by atomic mass is 10.1. The van der Waals surface area contributed by atoms with Gasteiger partial charge in [-0.3, -0.25) is 0 Å². The molecule has 86 valence electrons. The summed E-state index contributed by atoms with van der Waals surface area (Å²) >= 11 is 0. The second kappa shape index (κ2) is 3.52. The summed E-state index contributed by atoms with van der Waals surface area (Å²) in [6.45, 7) is 1.83. The van der Waals surface area contributed by atoms with Crippen molar-refractivity contribution in [2.45, 2.75) is 19.2 Å². The molecular formula is C11H9F3O2. The molecule has 2 aromatic rings. The number of rotatable bonds is 1. The Balaban J connectivity index is 2.47. The average molecular weight is 230 g/mol. The molecular weight excluding hydrogens is 221 g/mol. The Bertz CT molecular complexity index is 513. The Morgan fingerprint density at radius 3 is 2.56 bits per heavy atom. The Labute approximate surface area is 89.3 Å². The standard InChI is InChI=1S/C11H9F3O2/c1-6-2-3-8-7(4-6)5-9(16-8)10(15)11(12,13)14/h2-5,10,15H,1H3. The van der Waals surface area contributed by atoms with Crippen LogP contribution >= 0.6 is 0 Å². The lowest BCUT2D eigenvalue weighted by molar-refractivity contribution is -0.211. The molecule has 0 radical (unpaired) electrons. The fourth-order valence-electron chi connectivity index (χ4n) is 1.48. The fraction of sp³-hybridized carbons (Fsp3) is 0.273. The largest absolute Gasteiger partial charge is 0.458 e. The average Bonchev–Trinajstić information content (AvgIpc) is 2.57. The van der Waals surface area contributed by atoms with Crippen LogP contribution in [0.25, 0.3) is 11.0 Å². The number of aryl methyl sites for hydroxylation is 1. The van der Waals surface area contributed by atoms with Gasteiger partial charge >= 0.3 is 6.18 Å². The molecule has 0 fully saturated rings. The number of halogens is 3. The van der Waals surface area contributed by atoms with Crippen LogP contribution in [0.15, 0.2) is 28.7 Å². The van der Waals surface area contributed by atoms with Gasteiger partial charge in [0, 0.05) is 5.39 Å². The van der Waals surface area contributed by atoms with Crippen molar-refractivity contribution in [2.24, 2.45) is 0 Å². The van der Waals surface area contributed by atoms with Gasteiger partial charge in [-0.25, -0.2) is 0 Å². The second-order valence-corrected chi connectivity index (χ2v) is 3.63. The van der Waals surface area contributed by atoms with Gasteiger partial charge in [-0.05, 0) is 25.1 Å². The van der Waals surface area contributed by atoms with E-state index in [0.717, 1.165) is 5.56 Å². The Kier molecular flexibility index (Phi) is 2.42. The Hall–Kier alpha value is -1.49. The Morgan fingerprint density at radius 2 is 1.94 bits per heavy atom. The van der Waals surface area contributed by atoms with Crippen LogP contribution in [0, 0.1) is 6.92 Å². The minimum Gasteiger partial charge on any atom is -0.458 e. The van der Waals surface area contributed by atoms with Crippen molar-refractivity contribution in [3.63, 3.8) is 0 Å². The molecule has 2 rings (SSSR count). The molecule has 5 heteroatoms. The maximum Gasteiger partial charge on any atom is 0.421 e. The summed E-state index contributed by atoms with van der Waals surface area (Å²) in [5.41, 5.74) is 1.25. The van der Waals surface area contributed by atoms with Crippen molar-refractivity contribution in [1.82, 2.24) is 0 Å². The summed E-state index contributed by atoms with van der Waals surface area (Å²) in [6.07, 6.45) is -7.27. The number of fused-ring (bicyclic) bond motifs is 1. The van der Waals surface area contributed by atoms with E-state index in [1.807, 2.05) is 6.92 Å². The van der Waals surface area contributed by atoms with Crippen molar-refractivity contribution in [2.75, 3.05) is 0 Å². The summed E-state index contributed by atoms with van der Waals surface area (Å²) in [5, 5.41) is 9.56. The van der Waals surface area contributed by atoms with Gasteiger partial charge in [-0.2, -0.15) is 13.2 Å². The van der Waals surface area contributed by atoms with Crippen LogP contribution in [0.5, 0.6) is 0 Å². The van der Waals surface area contributed by atoms with Gasteiger partial charge < -0.3 is 9.52 Å². The smallest absolute Gasteiger partial charge is 0.421 e. The number of benzene rings is 1. The van der Waals surface area contributed by atoms with Crippen LogP contribution in [-0.2, 0) is 0 Å². The molecule has 1 N–H and O–H groups in total. The monoisotopic (exact) mass is 230 g/mol. The van der Waals surface area contributed by atoms with E-state index in [4.69, 9.17) is 9.52 Å². The predicted octanol–water partition coefficient (Wildman–Crippen LogP) is 3.34. The van der Waals surface area contributed by atoms with Crippen LogP contribution in [0.4, 0.5) is 13.2 Å². The van der Waals surface area contributed by atoms with Crippen molar-refractivity contribution in [3.05, 3.63) is 35.6 Å². The van der Waals surface area contributed by atoms with E-state index >= 15 is 0 Å². The number of aliphatic hydroxyl groups is 1. The third-order valence-corrected chi connectivity index (χ3v) is 2.27. The first-order valence-corrected chi connectivity index (χ1v) is 4.63. The normalized spacial score (nSPS) is 14.3. The zero-order valence-corrected chi connectivity index (χ0v) is 8.38. The maximum atomic E-state index is 12.2. The van der Waals surface area contributed by atoms with Crippen LogP contribution in [0.2, 0.25) is 0 Å². The lowest BCUT2D eigenvalue weighted by Gasteiger charge is -2.10. The molecule has 1 heterocycles. The molecule has 1 atom stereocenters. The lowest BCUT2D eigenvalue weighted by Crippen LogP contribution is -2.19. The second-order valence-electron chi connectivity index (χ2n) is 3.63.